The number of ether oxygens (including phenoxy) is 1. The summed E-state index contributed by atoms with van der Waals surface area (Å²) in [6.07, 6.45) is -1.69. The van der Waals surface area contributed by atoms with Crippen molar-refractivity contribution in [3.8, 4) is 5.88 Å². The second-order valence-electron chi connectivity index (χ2n) is 6.27. The predicted octanol–water partition coefficient (Wildman–Crippen LogP) is -0.975. The molecule has 144 valence electrons. The number of aromatic nitrogens is 7. The molecule has 1 aliphatic heterocycles. The number of aliphatic hydroxyl groups is 3. The van der Waals surface area contributed by atoms with Crippen molar-refractivity contribution < 1.29 is 24.9 Å². The molecule has 0 radical (unpaired) electrons. The highest BCUT2D eigenvalue weighted by Gasteiger charge is 2.44. The zero-order valence-electron chi connectivity index (χ0n) is 14.3. The molecule has 1 saturated heterocycles. The van der Waals surface area contributed by atoms with E-state index in [2.05, 4.69) is 25.3 Å². The minimum absolute atomic E-state index is 0.131. The largest absolute Gasteiger partial charge is 0.394 e. The summed E-state index contributed by atoms with van der Waals surface area (Å²) < 4.78 is 6.99. The van der Waals surface area contributed by atoms with E-state index in [1.54, 1.807) is 12.1 Å². The zero-order chi connectivity index (χ0) is 19.3. The van der Waals surface area contributed by atoms with E-state index in [0.717, 1.165) is 0 Å². The Morgan fingerprint density at radius 2 is 1.96 bits per heavy atom. The second kappa shape index (κ2) is 6.45. The molecule has 0 saturated carbocycles. The van der Waals surface area contributed by atoms with Crippen molar-refractivity contribution in [1.82, 2.24) is 34.7 Å². The molecule has 3 N–H and O–H groups in total. The van der Waals surface area contributed by atoms with E-state index in [9.17, 15) is 15.3 Å². The molecule has 12 heteroatoms. The fourth-order valence-corrected chi connectivity index (χ4v) is 3.19. The minimum Gasteiger partial charge on any atom is -0.394 e. The molecule has 1 fully saturated rings. The number of aliphatic hydroxyl groups excluding tert-OH is 3. The van der Waals surface area contributed by atoms with Gasteiger partial charge in [-0.25, -0.2) is 9.97 Å². The van der Waals surface area contributed by atoms with Crippen LogP contribution in [0.15, 0.2) is 36.9 Å². The number of hydrogen-bond donors (Lipinski definition) is 3. The molecule has 28 heavy (non-hydrogen) atoms. The Labute approximate surface area is 156 Å². The Bertz CT molecular complexity index is 1140. The molecule has 4 unspecified atom stereocenters. The van der Waals surface area contributed by atoms with Crippen LogP contribution in [0, 0.1) is 0 Å². The molecule has 3 aromatic heterocycles. The lowest BCUT2D eigenvalue weighted by Crippen LogP contribution is -2.33. The van der Waals surface area contributed by atoms with E-state index in [-0.39, 0.29) is 5.88 Å². The van der Waals surface area contributed by atoms with Gasteiger partial charge in [-0.3, -0.25) is 4.57 Å². The lowest BCUT2D eigenvalue weighted by molar-refractivity contribution is -0.0511. The number of benzene rings is 1. The van der Waals surface area contributed by atoms with Gasteiger partial charge in [0.2, 0.25) is 0 Å². The van der Waals surface area contributed by atoms with Crippen molar-refractivity contribution in [3.63, 3.8) is 0 Å². The minimum atomic E-state index is -1.26. The van der Waals surface area contributed by atoms with Crippen LogP contribution < -0.4 is 4.84 Å². The van der Waals surface area contributed by atoms with Crippen LogP contribution in [-0.2, 0) is 4.74 Å². The van der Waals surface area contributed by atoms with Crippen LogP contribution in [0.4, 0.5) is 0 Å². The van der Waals surface area contributed by atoms with Gasteiger partial charge in [0.05, 0.1) is 12.9 Å². The number of para-hydroxylation sites is 1. The summed E-state index contributed by atoms with van der Waals surface area (Å²) in [6, 6.07) is 7.27. The third kappa shape index (κ3) is 2.51. The average Bonchev–Trinajstić information content (AvgIpc) is 3.40. The summed E-state index contributed by atoms with van der Waals surface area (Å²) in [5.41, 5.74) is 1.94. The third-order valence-corrected chi connectivity index (χ3v) is 4.61. The average molecular weight is 385 g/mol. The zero-order valence-corrected chi connectivity index (χ0v) is 14.3. The number of fused-ring (bicyclic) bond motifs is 2. The van der Waals surface area contributed by atoms with Gasteiger partial charge in [0.25, 0.3) is 5.88 Å². The number of imidazole rings is 1. The van der Waals surface area contributed by atoms with E-state index in [1.165, 1.54) is 22.1 Å². The van der Waals surface area contributed by atoms with Crippen LogP contribution in [0.25, 0.3) is 22.2 Å². The van der Waals surface area contributed by atoms with E-state index in [4.69, 9.17) is 9.57 Å². The molecule has 5 rings (SSSR count). The van der Waals surface area contributed by atoms with Gasteiger partial charge in [-0.05, 0) is 17.3 Å². The fourth-order valence-electron chi connectivity index (χ4n) is 3.19. The van der Waals surface area contributed by atoms with Crippen LogP contribution in [0.2, 0.25) is 0 Å². The quantitative estimate of drug-likeness (QED) is 0.399. The predicted molar refractivity (Wildman–Crippen MR) is 91.9 cm³/mol. The normalized spacial score (nSPS) is 25.0. The Hall–Kier alpha value is -3.19. The Morgan fingerprint density at radius 1 is 1.11 bits per heavy atom. The molecule has 0 amide bonds. The van der Waals surface area contributed by atoms with Crippen molar-refractivity contribution in [2.24, 2.45) is 0 Å². The van der Waals surface area contributed by atoms with Crippen LogP contribution >= 0.6 is 0 Å². The van der Waals surface area contributed by atoms with Gasteiger partial charge >= 0.3 is 0 Å². The van der Waals surface area contributed by atoms with Gasteiger partial charge in [0, 0.05) is 0 Å². The summed E-state index contributed by atoms with van der Waals surface area (Å²) in [6.45, 7) is -0.427. The molecule has 4 aromatic rings. The number of rotatable bonds is 4. The molecule has 0 spiro atoms. The Balaban J connectivity index is 1.53. The summed E-state index contributed by atoms with van der Waals surface area (Å²) in [5.74, 6) is 0.131. The van der Waals surface area contributed by atoms with E-state index in [0.29, 0.717) is 22.2 Å². The first-order valence-corrected chi connectivity index (χ1v) is 8.46. The number of nitrogens with zero attached hydrogens (tertiary/aromatic N) is 7. The lowest BCUT2D eigenvalue weighted by atomic mass is 10.1. The molecule has 4 heterocycles. The smallest absolute Gasteiger partial charge is 0.280 e. The van der Waals surface area contributed by atoms with Gasteiger partial charge in [-0.1, -0.05) is 17.0 Å². The van der Waals surface area contributed by atoms with Gasteiger partial charge in [-0.2, -0.15) is 4.98 Å². The van der Waals surface area contributed by atoms with E-state index in [1.807, 2.05) is 12.1 Å². The number of hydrogen-bond acceptors (Lipinski definition) is 10. The first kappa shape index (κ1) is 16.9. The highest BCUT2D eigenvalue weighted by atomic mass is 16.7. The van der Waals surface area contributed by atoms with Gasteiger partial charge in [0.15, 0.2) is 17.4 Å². The molecule has 0 bridgehead atoms. The molecule has 0 aliphatic carbocycles. The SMILES string of the molecule is OCC1OC(n2cnc3c(On4nnc5ccccc54)ncnc32)C(O)C1O. The first-order valence-electron chi connectivity index (χ1n) is 8.46. The van der Waals surface area contributed by atoms with Crippen molar-refractivity contribution >= 4 is 22.2 Å². The van der Waals surface area contributed by atoms with Crippen LogP contribution in [0.5, 0.6) is 5.88 Å². The summed E-state index contributed by atoms with van der Waals surface area (Å²) >= 11 is 0. The molecular weight excluding hydrogens is 370 g/mol. The summed E-state index contributed by atoms with van der Waals surface area (Å²) in [4.78, 5) is 19.5. The first-order chi connectivity index (χ1) is 13.7. The maximum Gasteiger partial charge on any atom is 0.280 e. The molecule has 4 atom stereocenters. The van der Waals surface area contributed by atoms with Crippen LogP contribution in [-0.4, -0.2) is 74.9 Å². The topological polar surface area (TPSA) is 153 Å². The molecule has 12 nitrogen and oxygen atoms in total. The maximum atomic E-state index is 10.3. The van der Waals surface area contributed by atoms with Gasteiger partial charge < -0.3 is 24.9 Å². The van der Waals surface area contributed by atoms with Crippen LogP contribution in [0.1, 0.15) is 6.23 Å². The fraction of sp³-hybridized carbons (Fsp3) is 0.312. The summed E-state index contributed by atoms with van der Waals surface area (Å²) in [5, 5.41) is 37.5. The van der Waals surface area contributed by atoms with Gasteiger partial charge in [0.1, 0.15) is 35.7 Å². The van der Waals surface area contributed by atoms with Crippen molar-refractivity contribution in [2.75, 3.05) is 6.61 Å². The van der Waals surface area contributed by atoms with Gasteiger partial charge in [-0.15, -0.1) is 5.10 Å². The van der Waals surface area contributed by atoms with Crippen LogP contribution in [0.3, 0.4) is 0 Å². The molecule has 1 aliphatic rings. The van der Waals surface area contributed by atoms with Crippen molar-refractivity contribution in [3.05, 3.63) is 36.9 Å². The monoisotopic (exact) mass is 385 g/mol. The Morgan fingerprint density at radius 3 is 2.79 bits per heavy atom. The third-order valence-electron chi connectivity index (χ3n) is 4.61. The highest BCUT2D eigenvalue weighted by molar-refractivity contribution is 5.77. The summed E-state index contributed by atoms with van der Waals surface area (Å²) in [7, 11) is 0. The molecule has 1 aromatic carbocycles. The van der Waals surface area contributed by atoms with Crippen molar-refractivity contribution in [2.45, 2.75) is 24.5 Å². The second-order valence-corrected chi connectivity index (χ2v) is 6.27. The lowest BCUT2D eigenvalue weighted by Gasteiger charge is -2.16. The van der Waals surface area contributed by atoms with Crippen molar-refractivity contribution in [1.29, 1.82) is 0 Å². The highest BCUT2D eigenvalue weighted by Crippen LogP contribution is 2.32. The Kier molecular flexibility index (Phi) is 3.91. The molecular formula is C16H15N7O5. The standard InChI is InChI=1S/C16H15N7O5/c24-5-10-12(25)13(26)16(27-10)22-7-19-11-14(22)17-6-18-15(11)28-23-9-4-2-1-3-8(9)20-21-23/h1-4,6-7,10,12-13,16,24-26H,5H2. The maximum absolute atomic E-state index is 10.3. The van der Waals surface area contributed by atoms with E-state index >= 15 is 0 Å². The van der Waals surface area contributed by atoms with E-state index < -0.39 is 31.1 Å².